The summed E-state index contributed by atoms with van der Waals surface area (Å²) in [7, 11) is 0. The highest BCUT2D eigenvalue weighted by atomic mass is 32.1. The van der Waals surface area contributed by atoms with Crippen molar-refractivity contribution in [2.75, 3.05) is 0 Å². The molecule has 0 unspecified atom stereocenters. The molecule has 1 aliphatic rings. The Morgan fingerprint density at radius 2 is 2.45 bits per heavy atom. The van der Waals surface area contributed by atoms with Crippen LogP contribution in [-0.4, -0.2) is 10.8 Å². The van der Waals surface area contributed by atoms with E-state index in [1.807, 2.05) is 4.90 Å². The monoisotopic (exact) mass is 167 g/mol. The Hall–Kier alpha value is -0.830. The Bertz CT molecular complexity index is 272. The summed E-state index contributed by atoms with van der Waals surface area (Å²) in [4.78, 5) is 14.2. The number of nitrogens with zero attached hydrogens (tertiary/aromatic N) is 1. The van der Waals surface area contributed by atoms with Crippen LogP contribution in [0.5, 0.6) is 0 Å². The quantitative estimate of drug-likeness (QED) is 0.575. The number of thiophene rings is 1. The lowest BCUT2D eigenvalue weighted by Crippen LogP contribution is -2.21. The van der Waals surface area contributed by atoms with Gasteiger partial charge in [0, 0.05) is 18.3 Å². The summed E-state index contributed by atoms with van der Waals surface area (Å²) in [5.74, 6) is 0.174. The molecule has 0 fully saturated rings. The van der Waals surface area contributed by atoms with Gasteiger partial charge in [0.25, 0.3) is 0 Å². The van der Waals surface area contributed by atoms with E-state index in [2.05, 4.69) is 11.4 Å². The SMILES string of the molecule is CC(=O)N1Cc2ccsc2C1. The second-order valence-corrected chi connectivity index (χ2v) is 3.74. The Morgan fingerprint density at radius 3 is 3.09 bits per heavy atom. The van der Waals surface area contributed by atoms with Crippen molar-refractivity contribution in [3.63, 3.8) is 0 Å². The van der Waals surface area contributed by atoms with E-state index < -0.39 is 0 Å². The van der Waals surface area contributed by atoms with Crippen molar-refractivity contribution in [1.82, 2.24) is 4.90 Å². The molecular formula is C8H9NOS. The summed E-state index contributed by atoms with van der Waals surface area (Å²) in [5.41, 5.74) is 1.32. The van der Waals surface area contributed by atoms with Gasteiger partial charge in [0.1, 0.15) is 0 Å². The van der Waals surface area contributed by atoms with Crippen LogP contribution in [0.4, 0.5) is 0 Å². The van der Waals surface area contributed by atoms with Crippen LogP contribution in [0.3, 0.4) is 0 Å². The minimum atomic E-state index is 0.174. The zero-order valence-corrected chi connectivity index (χ0v) is 7.15. The number of amides is 1. The predicted molar refractivity (Wildman–Crippen MR) is 44.2 cm³/mol. The van der Waals surface area contributed by atoms with Gasteiger partial charge in [-0.15, -0.1) is 11.3 Å². The highest BCUT2D eigenvalue weighted by molar-refractivity contribution is 7.10. The average molecular weight is 167 g/mol. The number of fused-ring (bicyclic) bond motifs is 1. The third-order valence-electron chi connectivity index (χ3n) is 1.98. The van der Waals surface area contributed by atoms with Crippen molar-refractivity contribution in [2.45, 2.75) is 20.0 Å². The third-order valence-corrected chi connectivity index (χ3v) is 2.93. The van der Waals surface area contributed by atoms with Gasteiger partial charge in [0.15, 0.2) is 0 Å². The van der Waals surface area contributed by atoms with E-state index in [-0.39, 0.29) is 5.91 Å². The molecule has 0 aromatic carbocycles. The van der Waals surface area contributed by atoms with Gasteiger partial charge in [-0.25, -0.2) is 0 Å². The van der Waals surface area contributed by atoms with Gasteiger partial charge in [-0.1, -0.05) is 0 Å². The predicted octanol–water partition coefficient (Wildman–Crippen LogP) is 1.61. The summed E-state index contributed by atoms with van der Waals surface area (Å²) in [6.45, 7) is 3.26. The van der Waals surface area contributed by atoms with Crippen LogP contribution in [0.1, 0.15) is 17.4 Å². The minimum absolute atomic E-state index is 0.174. The number of rotatable bonds is 0. The van der Waals surface area contributed by atoms with Gasteiger partial charge in [-0.3, -0.25) is 4.79 Å². The van der Waals surface area contributed by atoms with Gasteiger partial charge in [0.2, 0.25) is 5.91 Å². The van der Waals surface area contributed by atoms with E-state index in [1.54, 1.807) is 18.3 Å². The zero-order chi connectivity index (χ0) is 7.84. The summed E-state index contributed by atoms with van der Waals surface area (Å²) in [6, 6.07) is 2.10. The summed E-state index contributed by atoms with van der Waals surface area (Å²) >= 11 is 1.74. The van der Waals surface area contributed by atoms with Crippen molar-refractivity contribution >= 4 is 17.2 Å². The molecule has 0 aliphatic carbocycles. The molecule has 0 radical (unpaired) electrons. The molecule has 58 valence electrons. The largest absolute Gasteiger partial charge is 0.333 e. The fourth-order valence-corrected chi connectivity index (χ4v) is 2.22. The molecule has 0 spiro atoms. The third kappa shape index (κ3) is 1.05. The van der Waals surface area contributed by atoms with Gasteiger partial charge >= 0.3 is 0 Å². The van der Waals surface area contributed by atoms with E-state index in [4.69, 9.17) is 0 Å². The molecule has 0 bridgehead atoms. The Balaban J connectivity index is 2.22. The smallest absolute Gasteiger partial charge is 0.220 e. The highest BCUT2D eigenvalue weighted by Gasteiger charge is 2.20. The molecule has 2 nitrogen and oxygen atoms in total. The fraction of sp³-hybridized carbons (Fsp3) is 0.375. The molecule has 0 atom stereocenters. The first-order valence-electron chi connectivity index (χ1n) is 3.58. The van der Waals surface area contributed by atoms with E-state index >= 15 is 0 Å². The van der Waals surface area contributed by atoms with Crippen LogP contribution in [0.25, 0.3) is 0 Å². The zero-order valence-electron chi connectivity index (χ0n) is 6.33. The van der Waals surface area contributed by atoms with Crippen molar-refractivity contribution in [3.05, 3.63) is 21.9 Å². The number of hydrogen-bond acceptors (Lipinski definition) is 2. The van der Waals surface area contributed by atoms with Gasteiger partial charge in [-0.05, 0) is 17.0 Å². The van der Waals surface area contributed by atoms with Gasteiger partial charge < -0.3 is 4.90 Å². The van der Waals surface area contributed by atoms with Crippen LogP contribution in [0, 0.1) is 0 Å². The molecule has 0 saturated carbocycles. The molecule has 11 heavy (non-hydrogen) atoms. The lowest BCUT2D eigenvalue weighted by molar-refractivity contribution is -0.129. The molecule has 2 rings (SSSR count). The number of carbonyl (C=O) groups excluding carboxylic acids is 1. The Kier molecular flexibility index (Phi) is 1.46. The number of carbonyl (C=O) groups is 1. The second kappa shape index (κ2) is 2.34. The van der Waals surface area contributed by atoms with Crippen LogP contribution >= 0.6 is 11.3 Å². The van der Waals surface area contributed by atoms with E-state index in [0.29, 0.717) is 0 Å². The first-order valence-corrected chi connectivity index (χ1v) is 4.46. The average Bonchev–Trinajstić information content (AvgIpc) is 2.40. The van der Waals surface area contributed by atoms with Crippen LogP contribution in [-0.2, 0) is 17.9 Å². The van der Waals surface area contributed by atoms with Crippen molar-refractivity contribution in [2.24, 2.45) is 0 Å². The Morgan fingerprint density at radius 1 is 1.64 bits per heavy atom. The molecule has 1 amide bonds. The molecule has 1 aromatic rings. The molecule has 3 heteroatoms. The maximum atomic E-state index is 10.9. The van der Waals surface area contributed by atoms with Crippen LogP contribution < -0.4 is 0 Å². The summed E-state index contributed by atoms with van der Waals surface area (Å²) in [6.07, 6.45) is 0. The fourth-order valence-electron chi connectivity index (χ4n) is 1.30. The molecule has 0 N–H and O–H groups in total. The van der Waals surface area contributed by atoms with Crippen molar-refractivity contribution in [1.29, 1.82) is 0 Å². The summed E-state index contributed by atoms with van der Waals surface area (Å²) in [5, 5.41) is 2.09. The molecule has 0 saturated heterocycles. The van der Waals surface area contributed by atoms with Gasteiger partial charge in [-0.2, -0.15) is 0 Å². The van der Waals surface area contributed by atoms with E-state index in [0.717, 1.165) is 13.1 Å². The van der Waals surface area contributed by atoms with Crippen LogP contribution in [0.2, 0.25) is 0 Å². The molecule has 1 aromatic heterocycles. The maximum absolute atomic E-state index is 10.9. The second-order valence-electron chi connectivity index (χ2n) is 2.74. The van der Waals surface area contributed by atoms with Crippen molar-refractivity contribution < 1.29 is 4.79 Å². The van der Waals surface area contributed by atoms with Crippen LogP contribution in [0.15, 0.2) is 11.4 Å². The van der Waals surface area contributed by atoms with Gasteiger partial charge in [0.05, 0.1) is 6.54 Å². The Labute approximate surface area is 69.4 Å². The summed E-state index contributed by atoms with van der Waals surface area (Å²) < 4.78 is 0. The lowest BCUT2D eigenvalue weighted by Gasteiger charge is -2.11. The molecule has 1 aliphatic heterocycles. The molecular weight excluding hydrogens is 158 g/mol. The molecule has 2 heterocycles. The van der Waals surface area contributed by atoms with E-state index in [1.165, 1.54) is 10.4 Å². The first kappa shape index (κ1) is 6.85. The standard InChI is InChI=1S/C8H9NOS/c1-6(10)9-4-7-2-3-11-8(7)5-9/h2-3H,4-5H2,1H3. The topological polar surface area (TPSA) is 20.3 Å². The first-order chi connectivity index (χ1) is 5.27. The maximum Gasteiger partial charge on any atom is 0.220 e. The van der Waals surface area contributed by atoms with E-state index in [9.17, 15) is 4.79 Å². The number of hydrogen-bond donors (Lipinski definition) is 0. The highest BCUT2D eigenvalue weighted by Crippen LogP contribution is 2.27. The van der Waals surface area contributed by atoms with Crippen molar-refractivity contribution in [3.8, 4) is 0 Å². The normalized spacial score (nSPS) is 15.2. The minimum Gasteiger partial charge on any atom is -0.333 e. The lowest BCUT2D eigenvalue weighted by atomic mass is 10.3.